The lowest BCUT2D eigenvalue weighted by Crippen LogP contribution is -2.41. The number of nitrogens with one attached hydrogen (secondary N) is 1. The van der Waals surface area contributed by atoms with Gasteiger partial charge in [-0.1, -0.05) is 40.5 Å². The monoisotopic (exact) mass is 280 g/mol. The zero-order valence-corrected chi connectivity index (χ0v) is 13.7. The zero-order chi connectivity index (χ0) is 14.8. The Morgan fingerprint density at radius 3 is 2.50 bits per heavy atom. The first-order chi connectivity index (χ1) is 9.51. The maximum atomic E-state index is 12.7. The van der Waals surface area contributed by atoms with Crippen molar-refractivity contribution in [2.45, 2.75) is 84.8 Å². The van der Waals surface area contributed by atoms with E-state index >= 15 is 0 Å². The molecule has 20 heavy (non-hydrogen) atoms. The number of hydrogen-bond donors (Lipinski definition) is 1. The minimum Gasteiger partial charge on any atom is -0.325 e. The molecule has 2 atom stereocenters. The Morgan fingerprint density at radius 2 is 2.00 bits per heavy atom. The molecule has 0 aromatic heterocycles. The first-order valence-electron chi connectivity index (χ1n) is 8.58. The molecular formula is C17H32N2O. The van der Waals surface area contributed by atoms with Gasteiger partial charge in [-0.15, -0.1) is 0 Å². The molecule has 2 aliphatic rings. The molecule has 1 aliphatic heterocycles. The second kappa shape index (κ2) is 6.46. The maximum absolute atomic E-state index is 12.7. The van der Waals surface area contributed by atoms with Crippen LogP contribution in [0.25, 0.3) is 0 Å². The molecular weight excluding hydrogens is 248 g/mol. The van der Waals surface area contributed by atoms with Crippen LogP contribution in [0, 0.1) is 11.3 Å². The van der Waals surface area contributed by atoms with Gasteiger partial charge in [-0.3, -0.25) is 10.1 Å². The highest BCUT2D eigenvalue weighted by Gasteiger charge is 2.48. The van der Waals surface area contributed by atoms with Crippen LogP contribution in [0.5, 0.6) is 0 Å². The van der Waals surface area contributed by atoms with Crippen molar-refractivity contribution in [2.75, 3.05) is 6.54 Å². The summed E-state index contributed by atoms with van der Waals surface area (Å²) in [5, 5.41) is 3.59. The van der Waals surface area contributed by atoms with Crippen molar-refractivity contribution in [1.29, 1.82) is 0 Å². The topological polar surface area (TPSA) is 32.3 Å². The molecule has 2 fully saturated rings. The number of nitrogens with zero attached hydrogens (tertiary/aromatic N) is 1. The average Bonchev–Trinajstić information content (AvgIpc) is 3.08. The van der Waals surface area contributed by atoms with Gasteiger partial charge in [0.25, 0.3) is 0 Å². The Kier molecular flexibility index (Phi) is 5.11. The fourth-order valence-electron chi connectivity index (χ4n) is 3.63. The normalized spacial score (nSPS) is 28.4. The lowest BCUT2D eigenvalue weighted by atomic mass is 9.99. The molecule has 2 rings (SSSR count). The molecule has 3 heteroatoms. The van der Waals surface area contributed by atoms with Crippen molar-refractivity contribution in [2.24, 2.45) is 11.3 Å². The van der Waals surface area contributed by atoms with Crippen molar-refractivity contribution < 1.29 is 4.79 Å². The molecule has 0 radical (unpaired) electrons. The van der Waals surface area contributed by atoms with E-state index in [2.05, 4.69) is 37.9 Å². The van der Waals surface area contributed by atoms with E-state index in [0.717, 1.165) is 25.8 Å². The summed E-state index contributed by atoms with van der Waals surface area (Å²) in [7, 11) is 0. The molecule has 0 spiro atoms. The molecule has 0 aromatic carbocycles. The summed E-state index contributed by atoms with van der Waals surface area (Å²) in [4.78, 5) is 14.8. The van der Waals surface area contributed by atoms with Crippen molar-refractivity contribution >= 4 is 5.91 Å². The van der Waals surface area contributed by atoms with Gasteiger partial charge in [-0.2, -0.15) is 0 Å². The van der Waals surface area contributed by atoms with Crippen LogP contribution in [-0.4, -0.2) is 29.6 Å². The summed E-state index contributed by atoms with van der Waals surface area (Å²) in [5.41, 5.74) is 0.461. The summed E-state index contributed by atoms with van der Waals surface area (Å²) in [6, 6.07) is 0.0705. The smallest absolute Gasteiger partial charge is 0.241 e. The van der Waals surface area contributed by atoms with E-state index in [1.807, 2.05) is 0 Å². The summed E-state index contributed by atoms with van der Waals surface area (Å²) in [5.74, 6) is 0.990. The molecule has 3 nitrogen and oxygen atoms in total. The molecule has 0 bridgehead atoms. The number of rotatable bonds is 8. The first-order valence-corrected chi connectivity index (χ1v) is 8.58. The second-order valence-corrected chi connectivity index (χ2v) is 7.37. The van der Waals surface area contributed by atoms with Crippen molar-refractivity contribution in [3.05, 3.63) is 0 Å². The number of carbonyl (C=O) groups is 1. The van der Waals surface area contributed by atoms with Crippen LogP contribution in [-0.2, 0) is 4.79 Å². The maximum Gasteiger partial charge on any atom is 0.241 e. The van der Waals surface area contributed by atoms with E-state index in [1.54, 1.807) is 0 Å². The van der Waals surface area contributed by atoms with E-state index in [9.17, 15) is 4.79 Å². The van der Waals surface area contributed by atoms with Gasteiger partial charge in [0.05, 0.1) is 12.2 Å². The number of carbonyl (C=O) groups excluding carboxylic acids is 1. The Morgan fingerprint density at radius 1 is 1.30 bits per heavy atom. The standard InChI is InChI=1S/C17H32N2O/c1-5-7-14-16(20)19(15(18-14)11-13(3)4)12-17(8-6-2)9-10-17/h13-15,18H,5-12H2,1-4H3. The van der Waals surface area contributed by atoms with Crippen LogP contribution < -0.4 is 5.32 Å². The lowest BCUT2D eigenvalue weighted by molar-refractivity contribution is -0.131. The minimum absolute atomic E-state index is 0.0705. The molecule has 1 amide bonds. The third kappa shape index (κ3) is 3.55. The molecule has 0 aromatic rings. The molecule has 1 saturated carbocycles. The van der Waals surface area contributed by atoms with E-state index < -0.39 is 0 Å². The van der Waals surface area contributed by atoms with Crippen LogP contribution in [0.15, 0.2) is 0 Å². The van der Waals surface area contributed by atoms with Gasteiger partial charge in [0.2, 0.25) is 5.91 Å². The summed E-state index contributed by atoms with van der Waals surface area (Å²) < 4.78 is 0. The summed E-state index contributed by atoms with van der Waals surface area (Å²) >= 11 is 0. The Hall–Kier alpha value is -0.570. The quantitative estimate of drug-likeness (QED) is 0.737. The largest absolute Gasteiger partial charge is 0.325 e. The molecule has 1 heterocycles. The minimum atomic E-state index is 0.0705. The predicted octanol–water partition coefficient (Wildman–Crippen LogP) is 3.54. The van der Waals surface area contributed by atoms with Crippen LogP contribution in [0.1, 0.15) is 72.6 Å². The zero-order valence-electron chi connectivity index (χ0n) is 13.7. The van der Waals surface area contributed by atoms with Crippen LogP contribution >= 0.6 is 0 Å². The average molecular weight is 280 g/mol. The van der Waals surface area contributed by atoms with Crippen LogP contribution in [0.4, 0.5) is 0 Å². The van der Waals surface area contributed by atoms with Gasteiger partial charge >= 0.3 is 0 Å². The third-order valence-corrected chi connectivity index (χ3v) is 4.87. The lowest BCUT2D eigenvalue weighted by Gasteiger charge is -2.29. The Bertz CT molecular complexity index is 336. The highest BCUT2D eigenvalue weighted by molar-refractivity contribution is 5.84. The van der Waals surface area contributed by atoms with Gasteiger partial charge in [0, 0.05) is 6.54 Å². The number of hydrogen-bond acceptors (Lipinski definition) is 2. The Labute approximate surface area is 124 Å². The van der Waals surface area contributed by atoms with Gasteiger partial charge < -0.3 is 4.90 Å². The molecule has 1 saturated heterocycles. The van der Waals surface area contributed by atoms with Crippen LogP contribution in [0.2, 0.25) is 0 Å². The first kappa shape index (κ1) is 15.8. The van der Waals surface area contributed by atoms with E-state index in [0.29, 0.717) is 17.2 Å². The molecule has 116 valence electrons. The van der Waals surface area contributed by atoms with Gasteiger partial charge in [0.15, 0.2) is 0 Å². The highest BCUT2D eigenvalue weighted by atomic mass is 16.2. The Balaban J connectivity index is 2.03. The molecule has 1 N–H and O–H groups in total. The van der Waals surface area contributed by atoms with Gasteiger partial charge in [-0.05, 0) is 43.4 Å². The predicted molar refractivity (Wildman–Crippen MR) is 83.4 cm³/mol. The molecule has 2 unspecified atom stereocenters. The second-order valence-electron chi connectivity index (χ2n) is 7.37. The van der Waals surface area contributed by atoms with Crippen LogP contribution in [0.3, 0.4) is 0 Å². The van der Waals surface area contributed by atoms with E-state index in [4.69, 9.17) is 0 Å². The SMILES string of the molecule is CCCC1NC(CC(C)C)N(CC2(CCC)CC2)C1=O. The molecule has 1 aliphatic carbocycles. The fraction of sp³-hybridized carbons (Fsp3) is 0.941. The third-order valence-electron chi connectivity index (χ3n) is 4.87. The van der Waals surface area contributed by atoms with Crippen molar-refractivity contribution in [3.8, 4) is 0 Å². The highest BCUT2D eigenvalue weighted by Crippen LogP contribution is 2.50. The van der Waals surface area contributed by atoms with Gasteiger partial charge in [0.1, 0.15) is 0 Å². The fourth-order valence-corrected chi connectivity index (χ4v) is 3.63. The van der Waals surface area contributed by atoms with E-state index in [-0.39, 0.29) is 12.2 Å². The van der Waals surface area contributed by atoms with Crippen molar-refractivity contribution in [1.82, 2.24) is 10.2 Å². The number of amides is 1. The summed E-state index contributed by atoms with van der Waals surface area (Å²) in [6.45, 7) is 9.90. The van der Waals surface area contributed by atoms with Gasteiger partial charge in [-0.25, -0.2) is 0 Å². The summed E-state index contributed by atoms with van der Waals surface area (Å²) in [6.07, 6.45) is 8.56. The van der Waals surface area contributed by atoms with Crippen molar-refractivity contribution in [3.63, 3.8) is 0 Å². The van der Waals surface area contributed by atoms with E-state index in [1.165, 1.54) is 25.7 Å².